The Morgan fingerprint density at radius 3 is 2.48 bits per heavy atom. The average molecular weight is 433 g/mol. The van der Waals surface area contributed by atoms with Crippen LogP contribution in [0, 0.1) is 0 Å². The van der Waals surface area contributed by atoms with E-state index >= 15 is 0 Å². The molecule has 3 aromatic heterocycles. The quantitative estimate of drug-likeness (QED) is 0.467. The third-order valence-corrected chi connectivity index (χ3v) is 4.67. The van der Waals surface area contributed by atoms with Gasteiger partial charge in [0.05, 0.1) is 19.1 Å². The molecular formula is C20H18F3N5O3. The van der Waals surface area contributed by atoms with Gasteiger partial charge in [0.2, 0.25) is 0 Å². The van der Waals surface area contributed by atoms with Gasteiger partial charge < -0.3 is 14.0 Å². The predicted octanol–water partition coefficient (Wildman–Crippen LogP) is 3.13. The number of alkyl halides is 3. The number of benzene rings is 1. The number of methoxy groups -OCH3 is 1. The van der Waals surface area contributed by atoms with Gasteiger partial charge in [0.1, 0.15) is 16.8 Å². The van der Waals surface area contributed by atoms with E-state index in [9.17, 15) is 18.0 Å². The van der Waals surface area contributed by atoms with Crippen molar-refractivity contribution >= 4 is 11.0 Å². The zero-order valence-corrected chi connectivity index (χ0v) is 16.6. The molecule has 0 N–H and O–H groups in total. The van der Waals surface area contributed by atoms with Crippen LogP contribution in [0.3, 0.4) is 0 Å². The van der Waals surface area contributed by atoms with Crippen LogP contribution in [-0.4, -0.2) is 44.0 Å². The van der Waals surface area contributed by atoms with Crippen LogP contribution in [0.4, 0.5) is 13.2 Å². The summed E-state index contributed by atoms with van der Waals surface area (Å²) in [5.74, 6) is -0.372. The summed E-state index contributed by atoms with van der Waals surface area (Å²) < 4.78 is 51.1. The van der Waals surface area contributed by atoms with Crippen molar-refractivity contribution in [2.24, 2.45) is 7.05 Å². The van der Waals surface area contributed by atoms with Crippen molar-refractivity contribution in [2.45, 2.75) is 12.9 Å². The Bertz CT molecular complexity index is 1270. The molecule has 1 aromatic carbocycles. The Kier molecular flexibility index (Phi) is 5.27. The van der Waals surface area contributed by atoms with E-state index in [1.54, 1.807) is 48.3 Å². The van der Waals surface area contributed by atoms with Gasteiger partial charge in [0.15, 0.2) is 0 Å². The lowest BCUT2D eigenvalue weighted by molar-refractivity contribution is -0.274. The van der Waals surface area contributed by atoms with Gasteiger partial charge in [0, 0.05) is 49.9 Å². The summed E-state index contributed by atoms with van der Waals surface area (Å²) in [4.78, 5) is 17.7. The van der Waals surface area contributed by atoms with Crippen LogP contribution in [0.1, 0.15) is 0 Å². The van der Waals surface area contributed by atoms with Crippen molar-refractivity contribution in [3.05, 3.63) is 59.5 Å². The molecule has 0 aliphatic rings. The number of nitrogens with zero attached hydrogens (tertiary/aromatic N) is 5. The fourth-order valence-electron chi connectivity index (χ4n) is 3.30. The molecule has 0 atom stereocenters. The second kappa shape index (κ2) is 7.91. The highest BCUT2D eigenvalue weighted by molar-refractivity contribution is 5.91. The summed E-state index contributed by atoms with van der Waals surface area (Å²) in [6.07, 6.45) is 1.82. The van der Waals surface area contributed by atoms with Crippen molar-refractivity contribution in [3.63, 3.8) is 0 Å². The van der Waals surface area contributed by atoms with E-state index in [0.29, 0.717) is 35.4 Å². The van der Waals surface area contributed by atoms with E-state index in [-0.39, 0.29) is 11.3 Å². The first-order chi connectivity index (χ1) is 14.8. The zero-order valence-electron chi connectivity index (χ0n) is 16.6. The number of aryl methyl sites for hydroxylation is 1. The number of imidazole rings is 1. The van der Waals surface area contributed by atoms with E-state index < -0.39 is 6.36 Å². The molecule has 0 fully saturated rings. The second-order valence-electron chi connectivity index (χ2n) is 6.79. The summed E-state index contributed by atoms with van der Waals surface area (Å²) in [6, 6.07) is 5.09. The molecule has 0 unspecified atom stereocenters. The van der Waals surface area contributed by atoms with E-state index in [4.69, 9.17) is 4.74 Å². The molecule has 8 nitrogen and oxygen atoms in total. The van der Waals surface area contributed by atoms with Gasteiger partial charge in [-0.2, -0.15) is 5.10 Å². The van der Waals surface area contributed by atoms with Gasteiger partial charge in [-0.1, -0.05) is 0 Å². The Morgan fingerprint density at radius 1 is 1.13 bits per heavy atom. The number of halogens is 3. The Morgan fingerprint density at radius 2 is 1.87 bits per heavy atom. The van der Waals surface area contributed by atoms with Gasteiger partial charge in [-0.25, -0.2) is 4.98 Å². The molecule has 0 aliphatic carbocycles. The molecular weight excluding hydrogens is 415 g/mol. The van der Waals surface area contributed by atoms with E-state index in [1.807, 2.05) is 0 Å². The summed E-state index contributed by atoms with van der Waals surface area (Å²) in [5.41, 5.74) is 2.29. The minimum Gasteiger partial charge on any atom is -0.406 e. The van der Waals surface area contributed by atoms with E-state index in [1.165, 1.54) is 16.7 Å². The van der Waals surface area contributed by atoms with Crippen LogP contribution in [0.5, 0.6) is 5.75 Å². The molecule has 31 heavy (non-hydrogen) atoms. The minimum absolute atomic E-state index is 0.356. The van der Waals surface area contributed by atoms with Crippen molar-refractivity contribution in [3.8, 4) is 22.6 Å². The Labute approximate surface area is 174 Å². The maximum Gasteiger partial charge on any atom is 0.573 e. The fraction of sp³-hybridized carbons (Fsp3) is 0.250. The minimum atomic E-state index is -4.79. The average Bonchev–Trinajstić information content (AvgIpc) is 3.33. The van der Waals surface area contributed by atoms with Gasteiger partial charge in [-0.15, -0.1) is 13.2 Å². The Hall–Kier alpha value is -3.60. The highest BCUT2D eigenvalue weighted by Gasteiger charge is 2.31. The molecule has 4 rings (SSSR count). The lowest BCUT2D eigenvalue weighted by Crippen LogP contribution is -2.21. The smallest absolute Gasteiger partial charge is 0.406 e. The predicted molar refractivity (Wildman–Crippen MR) is 106 cm³/mol. The SMILES string of the molecule is COCCn1cnc2c(-c3cnn(C)c3)cn(-c3ccc(OC(F)(F)F)cc3)c(=O)c21. The van der Waals surface area contributed by atoms with Crippen LogP contribution in [0.2, 0.25) is 0 Å². The molecule has 0 saturated heterocycles. The molecule has 162 valence electrons. The van der Waals surface area contributed by atoms with Crippen LogP contribution in [0.15, 0.2) is 54.0 Å². The van der Waals surface area contributed by atoms with Gasteiger partial charge in [-0.05, 0) is 24.3 Å². The highest BCUT2D eigenvalue weighted by atomic mass is 19.4. The zero-order chi connectivity index (χ0) is 22.2. The number of hydrogen-bond donors (Lipinski definition) is 0. The lowest BCUT2D eigenvalue weighted by atomic mass is 10.1. The maximum atomic E-state index is 13.3. The number of fused-ring (bicyclic) bond motifs is 1. The van der Waals surface area contributed by atoms with Crippen LogP contribution in [0.25, 0.3) is 27.8 Å². The second-order valence-corrected chi connectivity index (χ2v) is 6.79. The topological polar surface area (TPSA) is 76.1 Å². The van der Waals surface area contributed by atoms with Crippen LogP contribution in [-0.2, 0) is 18.3 Å². The highest BCUT2D eigenvalue weighted by Crippen LogP contribution is 2.28. The van der Waals surface area contributed by atoms with Crippen molar-refractivity contribution in [1.29, 1.82) is 0 Å². The summed E-state index contributed by atoms with van der Waals surface area (Å²) >= 11 is 0. The number of aromatic nitrogens is 5. The maximum absolute atomic E-state index is 13.3. The van der Waals surface area contributed by atoms with Crippen LogP contribution >= 0.6 is 0 Å². The molecule has 11 heteroatoms. The van der Waals surface area contributed by atoms with Gasteiger partial charge in [0.25, 0.3) is 5.56 Å². The molecule has 0 aliphatic heterocycles. The third-order valence-electron chi connectivity index (χ3n) is 4.67. The molecule has 0 spiro atoms. The molecule has 3 heterocycles. The van der Waals surface area contributed by atoms with Crippen molar-refractivity contribution in [1.82, 2.24) is 23.9 Å². The number of hydrogen-bond acceptors (Lipinski definition) is 5. The fourth-order valence-corrected chi connectivity index (χ4v) is 3.30. The number of pyridine rings is 1. The molecule has 0 saturated carbocycles. The number of ether oxygens (including phenoxy) is 2. The van der Waals surface area contributed by atoms with Gasteiger partial charge >= 0.3 is 6.36 Å². The lowest BCUT2D eigenvalue weighted by Gasteiger charge is -2.12. The third kappa shape index (κ3) is 4.17. The first-order valence-corrected chi connectivity index (χ1v) is 9.21. The van der Waals surface area contributed by atoms with Crippen molar-refractivity contribution < 1.29 is 22.6 Å². The van der Waals surface area contributed by atoms with E-state index in [0.717, 1.165) is 17.7 Å². The summed E-state index contributed by atoms with van der Waals surface area (Å²) in [6.45, 7) is 0.794. The van der Waals surface area contributed by atoms with Crippen molar-refractivity contribution in [2.75, 3.05) is 13.7 Å². The van der Waals surface area contributed by atoms with Gasteiger partial charge in [-0.3, -0.25) is 14.0 Å². The first kappa shape index (κ1) is 20.7. The molecule has 0 amide bonds. The van der Waals surface area contributed by atoms with E-state index in [2.05, 4.69) is 14.8 Å². The molecule has 0 radical (unpaired) electrons. The number of rotatable bonds is 6. The van der Waals surface area contributed by atoms with Crippen LogP contribution < -0.4 is 10.3 Å². The summed E-state index contributed by atoms with van der Waals surface area (Å²) in [5, 5.41) is 4.18. The first-order valence-electron chi connectivity index (χ1n) is 9.21. The molecule has 0 bridgehead atoms. The normalized spacial score (nSPS) is 11.9. The molecule has 4 aromatic rings. The Balaban J connectivity index is 1.88. The standard InChI is InChI=1S/C20H18F3N5O3/c1-26-10-13(9-25-26)16-11-28(14-3-5-15(6-4-14)31-20(21,22)23)19(29)18-17(16)24-12-27(18)7-8-30-2/h3-6,9-12H,7-8H2,1-2H3. The largest absolute Gasteiger partial charge is 0.573 e. The monoisotopic (exact) mass is 433 g/mol. The summed E-state index contributed by atoms with van der Waals surface area (Å²) in [7, 11) is 3.33.